The Morgan fingerprint density at radius 3 is 2.25 bits per heavy atom. The maximum Gasteiger partial charge on any atom is 0.313 e. The van der Waals surface area contributed by atoms with Crippen LogP contribution in [0.4, 0.5) is 5.69 Å². The van der Waals surface area contributed by atoms with Crippen LogP contribution in [0, 0.1) is 13.8 Å². The number of anilines is 1. The Hall–Kier alpha value is -1.84. The van der Waals surface area contributed by atoms with Crippen LogP contribution in [0.3, 0.4) is 0 Å². The number of carbonyl (C=O) groups is 2. The average molecular weight is 276 g/mol. The number of aryl methyl sites for hydroxylation is 1. The van der Waals surface area contributed by atoms with Gasteiger partial charge in [-0.2, -0.15) is 0 Å². The van der Waals surface area contributed by atoms with Crippen molar-refractivity contribution in [2.75, 3.05) is 18.4 Å². The van der Waals surface area contributed by atoms with Crippen LogP contribution in [0.1, 0.15) is 37.8 Å². The highest BCUT2D eigenvalue weighted by Crippen LogP contribution is 2.18. The van der Waals surface area contributed by atoms with Crippen LogP contribution in [0.15, 0.2) is 18.2 Å². The molecule has 0 bridgehead atoms. The largest absolute Gasteiger partial charge is 0.334 e. The molecule has 4 nitrogen and oxygen atoms in total. The molecule has 0 aromatic heterocycles. The van der Waals surface area contributed by atoms with Crippen molar-refractivity contribution < 1.29 is 9.59 Å². The summed E-state index contributed by atoms with van der Waals surface area (Å²) in [5.74, 6) is -1.00. The van der Waals surface area contributed by atoms with Gasteiger partial charge >= 0.3 is 11.8 Å². The topological polar surface area (TPSA) is 49.4 Å². The van der Waals surface area contributed by atoms with Crippen molar-refractivity contribution in [1.29, 1.82) is 0 Å². The summed E-state index contributed by atoms with van der Waals surface area (Å²) in [4.78, 5) is 25.8. The predicted octanol–water partition coefficient (Wildman–Crippen LogP) is 2.89. The van der Waals surface area contributed by atoms with E-state index < -0.39 is 11.8 Å². The van der Waals surface area contributed by atoms with Gasteiger partial charge in [-0.05, 0) is 43.9 Å². The summed E-state index contributed by atoms with van der Waals surface area (Å²) in [6, 6.07) is 5.67. The highest BCUT2D eigenvalue weighted by Gasteiger charge is 2.21. The Bertz CT molecular complexity index is 477. The van der Waals surface area contributed by atoms with Crippen LogP contribution in [0.2, 0.25) is 0 Å². The van der Waals surface area contributed by atoms with Crippen molar-refractivity contribution in [2.45, 2.75) is 40.5 Å². The van der Waals surface area contributed by atoms with Gasteiger partial charge in [-0.15, -0.1) is 0 Å². The molecule has 0 aliphatic heterocycles. The van der Waals surface area contributed by atoms with E-state index in [0.29, 0.717) is 18.8 Å². The lowest BCUT2D eigenvalue weighted by molar-refractivity contribution is -0.143. The zero-order valence-corrected chi connectivity index (χ0v) is 12.8. The van der Waals surface area contributed by atoms with E-state index in [0.717, 1.165) is 24.0 Å². The van der Waals surface area contributed by atoms with Crippen molar-refractivity contribution in [2.24, 2.45) is 0 Å². The minimum atomic E-state index is -0.555. The van der Waals surface area contributed by atoms with Gasteiger partial charge in [0.2, 0.25) is 0 Å². The van der Waals surface area contributed by atoms with Gasteiger partial charge in [0.25, 0.3) is 0 Å². The molecule has 0 heterocycles. The van der Waals surface area contributed by atoms with Crippen LogP contribution in [0.5, 0.6) is 0 Å². The molecule has 0 aliphatic carbocycles. The molecule has 1 rings (SSSR count). The third kappa shape index (κ3) is 4.08. The monoisotopic (exact) mass is 276 g/mol. The summed E-state index contributed by atoms with van der Waals surface area (Å²) in [5.41, 5.74) is 2.79. The third-order valence-corrected chi connectivity index (χ3v) is 3.32. The zero-order valence-electron chi connectivity index (χ0n) is 12.8. The van der Waals surface area contributed by atoms with Gasteiger partial charge < -0.3 is 10.2 Å². The van der Waals surface area contributed by atoms with E-state index in [4.69, 9.17) is 0 Å². The third-order valence-electron chi connectivity index (χ3n) is 3.32. The zero-order chi connectivity index (χ0) is 15.1. The number of benzene rings is 1. The molecule has 0 aliphatic rings. The van der Waals surface area contributed by atoms with E-state index in [1.807, 2.05) is 45.9 Å². The first kappa shape index (κ1) is 16.2. The molecule has 0 saturated heterocycles. The molecule has 0 spiro atoms. The van der Waals surface area contributed by atoms with Gasteiger partial charge in [-0.3, -0.25) is 9.59 Å². The number of nitrogens with zero attached hydrogens (tertiary/aromatic N) is 1. The Morgan fingerprint density at radius 2 is 1.70 bits per heavy atom. The number of hydrogen-bond acceptors (Lipinski definition) is 2. The lowest BCUT2D eigenvalue weighted by atomic mass is 10.1. The van der Waals surface area contributed by atoms with Crippen LogP contribution in [-0.4, -0.2) is 29.8 Å². The summed E-state index contributed by atoms with van der Waals surface area (Å²) in [6.45, 7) is 9.15. The molecule has 0 atom stereocenters. The maximum absolute atomic E-state index is 12.1. The van der Waals surface area contributed by atoms with Crippen molar-refractivity contribution in [3.05, 3.63) is 29.3 Å². The van der Waals surface area contributed by atoms with Gasteiger partial charge in [0.05, 0.1) is 0 Å². The first-order chi connectivity index (χ1) is 9.51. The predicted molar refractivity (Wildman–Crippen MR) is 81.7 cm³/mol. The second-order valence-electron chi connectivity index (χ2n) is 4.99. The normalized spacial score (nSPS) is 10.2. The van der Waals surface area contributed by atoms with Gasteiger partial charge in [0.15, 0.2) is 0 Å². The van der Waals surface area contributed by atoms with Crippen molar-refractivity contribution >= 4 is 17.5 Å². The standard InChI is InChI=1S/C16H24N2O2/c1-5-10-18(11-6-2)16(20)15(19)17-14-9-7-8-12(3)13(14)4/h7-9H,5-6,10-11H2,1-4H3,(H,17,19). The molecule has 2 amide bonds. The Balaban J connectivity index is 2.79. The van der Waals surface area contributed by atoms with E-state index in [2.05, 4.69) is 5.32 Å². The number of nitrogens with one attached hydrogen (secondary N) is 1. The molecular formula is C16H24N2O2. The fraction of sp³-hybridized carbons (Fsp3) is 0.500. The van der Waals surface area contributed by atoms with E-state index in [1.165, 1.54) is 0 Å². The first-order valence-corrected chi connectivity index (χ1v) is 7.17. The van der Waals surface area contributed by atoms with Crippen LogP contribution in [-0.2, 0) is 9.59 Å². The summed E-state index contributed by atoms with van der Waals surface area (Å²) in [7, 11) is 0. The van der Waals surface area contributed by atoms with E-state index >= 15 is 0 Å². The number of rotatable bonds is 5. The highest BCUT2D eigenvalue weighted by atomic mass is 16.2. The molecular weight excluding hydrogens is 252 g/mol. The maximum atomic E-state index is 12.1. The second kappa shape index (κ2) is 7.68. The Kier molecular flexibility index (Phi) is 6.22. The highest BCUT2D eigenvalue weighted by molar-refractivity contribution is 6.39. The summed E-state index contributed by atoms with van der Waals surface area (Å²) < 4.78 is 0. The van der Waals surface area contributed by atoms with Gasteiger partial charge in [-0.1, -0.05) is 26.0 Å². The van der Waals surface area contributed by atoms with Crippen molar-refractivity contribution in [1.82, 2.24) is 4.90 Å². The Labute approximate surface area is 121 Å². The molecule has 0 saturated carbocycles. The van der Waals surface area contributed by atoms with Gasteiger partial charge in [0.1, 0.15) is 0 Å². The van der Waals surface area contributed by atoms with Crippen LogP contribution in [0.25, 0.3) is 0 Å². The van der Waals surface area contributed by atoms with Crippen LogP contribution >= 0.6 is 0 Å². The average Bonchev–Trinajstić information content (AvgIpc) is 2.42. The number of carbonyl (C=O) groups excluding carboxylic acids is 2. The summed E-state index contributed by atoms with van der Waals surface area (Å²) in [6.07, 6.45) is 1.70. The smallest absolute Gasteiger partial charge is 0.313 e. The fourth-order valence-electron chi connectivity index (χ4n) is 2.06. The first-order valence-electron chi connectivity index (χ1n) is 7.17. The lowest BCUT2D eigenvalue weighted by Crippen LogP contribution is -2.40. The number of amides is 2. The van der Waals surface area contributed by atoms with E-state index in [1.54, 1.807) is 4.90 Å². The summed E-state index contributed by atoms with van der Waals surface area (Å²) in [5, 5.41) is 2.72. The molecule has 20 heavy (non-hydrogen) atoms. The molecule has 1 aromatic rings. The van der Waals surface area contributed by atoms with Gasteiger partial charge in [-0.25, -0.2) is 0 Å². The molecule has 0 unspecified atom stereocenters. The molecule has 1 aromatic carbocycles. The van der Waals surface area contributed by atoms with Crippen molar-refractivity contribution in [3.8, 4) is 0 Å². The minimum Gasteiger partial charge on any atom is -0.334 e. The fourth-order valence-corrected chi connectivity index (χ4v) is 2.06. The van der Waals surface area contributed by atoms with Crippen LogP contribution < -0.4 is 5.32 Å². The van der Waals surface area contributed by atoms with Crippen molar-refractivity contribution in [3.63, 3.8) is 0 Å². The van der Waals surface area contributed by atoms with Gasteiger partial charge in [0, 0.05) is 18.8 Å². The molecule has 110 valence electrons. The quantitative estimate of drug-likeness (QED) is 0.841. The Morgan fingerprint density at radius 1 is 1.10 bits per heavy atom. The minimum absolute atomic E-state index is 0.449. The molecule has 1 N–H and O–H groups in total. The second-order valence-corrected chi connectivity index (χ2v) is 4.99. The molecule has 4 heteroatoms. The summed E-state index contributed by atoms with van der Waals surface area (Å²) >= 11 is 0. The molecule has 0 radical (unpaired) electrons. The lowest BCUT2D eigenvalue weighted by Gasteiger charge is -2.21. The molecule has 0 fully saturated rings. The SMILES string of the molecule is CCCN(CCC)C(=O)C(=O)Nc1cccc(C)c1C. The number of hydrogen-bond donors (Lipinski definition) is 1. The van der Waals surface area contributed by atoms with E-state index in [9.17, 15) is 9.59 Å². The van der Waals surface area contributed by atoms with E-state index in [-0.39, 0.29) is 0 Å².